The van der Waals surface area contributed by atoms with Crippen LogP contribution in [0.1, 0.15) is 56.5 Å². The Balaban J connectivity index is 1.78. The first-order chi connectivity index (χ1) is 11.2. The van der Waals surface area contributed by atoms with Gasteiger partial charge in [-0.3, -0.25) is 4.79 Å². The highest BCUT2D eigenvalue weighted by molar-refractivity contribution is 5.79. The lowest BCUT2D eigenvalue weighted by atomic mass is 9.95. The average molecular weight is 318 g/mol. The van der Waals surface area contributed by atoms with E-state index in [1.54, 1.807) is 7.11 Å². The molecule has 0 unspecified atom stereocenters. The number of fused-ring (bicyclic) bond motifs is 1. The van der Waals surface area contributed by atoms with E-state index in [1.807, 2.05) is 9.58 Å². The van der Waals surface area contributed by atoms with Crippen molar-refractivity contribution in [1.82, 2.24) is 19.9 Å². The molecule has 0 radical (unpaired) electrons. The molecule has 1 atom stereocenters. The summed E-state index contributed by atoms with van der Waals surface area (Å²) in [6.07, 6.45) is 8.23. The molecule has 6 heteroatoms. The topological polar surface area (TPSA) is 60.2 Å². The Hall–Kier alpha value is -1.69. The summed E-state index contributed by atoms with van der Waals surface area (Å²) in [6, 6.07) is -0.110. The Labute approximate surface area is 137 Å². The molecular formula is C17H26N4O2. The third kappa shape index (κ3) is 3.32. The van der Waals surface area contributed by atoms with Gasteiger partial charge in [0, 0.05) is 33.0 Å². The molecule has 0 aromatic carbocycles. The number of hydrogen-bond acceptors (Lipinski definition) is 4. The summed E-state index contributed by atoms with van der Waals surface area (Å²) in [5.41, 5.74) is 3.35. The zero-order chi connectivity index (χ0) is 16.2. The summed E-state index contributed by atoms with van der Waals surface area (Å²) in [6.45, 7) is 4.07. The fraction of sp³-hybridized carbons (Fsp3) is 0.706. The summed E-state index contributed by atoms with van der Waals surface area (Å²) in [5, 5.41) is 8.55. The summed E-state index contributed by atoms with van der Waals surface area (Å²) in [4.78, 5) is 14.8. The molecule has 1 aliphatic carbocycles. The second-order valence-electron chi connectivity index (χ2n) is 6.33. The van der Waals surface area contributed by atoms with Crippen LogP contribution in [0.3, 0.4) is 0 Å². The van der Waals surface area contributed by atoms with Crippen LogP contribution in [-0.2, 0) is 22.5 Å². The van der Waals surface area contributed by atoms with Crippen LogP contribution in [0.25, 0.3) is 0 Å². The molecule has 6 nitrogen and oxygen atoms in total. The Bertz CT molecular complexity index is 593. The Morgan fingerprint density at radius 1 is 1.39 bits per heavy atom. The van der Waals surface area contributed by atoms with Gasteiger partial charge in [0.15, 0.2) is 0 Å². The molecule has 0 N–H and O–H groups in total. The second kappa shape index (κ2) is 7.25. The van der Waals surface area contributed by atoms with Gasteiger partial charge < -0.3 is 9.64 Å². The summed E-state index contributed by atoms with van der Waals surface area (Å²) < 4.78 is 7.30. The number of carbonyl (C=O) groups is 1. The lowest BCUT2D eigenvalue weighted by Gasteiger charge is -2.35. The van der Waals surface area contributed by atoms with Gasteiger partial charge in [-0.15, -0.1) is 5.10 Å². The van der Waals surface area contributed by atoms with Crippen molar-refractivity contribution in [3.05, 3.63) is 23.0 Å². The lowest BCUT2D eigenvalue weighted by Crippen LogP contribution is -2.42. The molecule has 23 heavy (non-hydrogen) atoms. The summed E-state index contributed by atoms with van der Waals surface area (Å²) in [5.74, 6) is 0.192. The minimum atomic E-state index is -0.110. The number of methoxy groups -OCH3 is 1. The number of rotatable bonds is 5. The first-order valence-electron chi connectivity index (χ1n) is 8.63. The van der Waals surface area contributed by atoms with E-state index in [-0.39, 0.29) is 11.9 Å². The zero-order valence-corrected chi connectivity index (χ0v) is 14.1. The van der Waals surface area contributed by atoms with E-state index in [1.165, 1.54) is 18.4 Å². The standard InChI is InChI=1S/C17H26N4O2/c1-3-21-14-9-10-20(15(12-23-2)17(14)18-19-21)16(22)11-13-7-5-4-6-8-13/h7,15H,3-6,8-12H2,1-2H3/t15-/m1/s1. The van der Waals surface area contributed by atoms with Gasteiger partial charge in [0.25, 0.3) is 0 Å². The van der Waals surface area contributed by atoms with E-state index in [0.29, 0.717) is 13.0 Å². The zero-order valence-electron chi connectivity index (χ0n) is 14.1. The van der Waals surface area contributed by atoms with Crippen LogP contribution in [0.2, 0.25) is 0 Å². The maximum atomic E-state index is 12.8. The molecule has 1 aliphatic heterocycles. The van der Waals surface area contributed by atoms with Crippen molar-refractivity contribution < 1.29 is 9.53 Å². The Morgan fingerprint density at radius 2 is 2.26 bits per heavy atom. The van der Waals surface area contributed by atoms with Gasteiger partial charge in [0.2, 0.25) is 5.91 Å². The quantitative estimate of drug-likeness (QED) is 0.781. The van der Waals surface area contributed by atoms with Crippen LogP contribution in [0, 0.1) is 0 Å². The number of allylic oxidation sites excluding steroid dienone is 1. The van der Waals surface area contributed by atoms with E-state index in [4.69, 9.17) is 4.74 Å². The Morgan fingerprint density at radius 3 is 2.96 bits per heavy atom. The average Bonchev–Trinajstić information content (AvgIpc) is 2.99. The number of hydrogen-bond donors (Lipinski definition) is 0. The van der Waals surface area contributed by atoms with Crippen molar-refractivity contribution in [3.8, 4) is 0 Å². The molecule has 126 valence electrons. The van der Waals surface area contributed by atoms with E-state index in [2.05, 4.69) is 23.3 Å². The van der Waals surface area contributed by atoms with Crippen molar-refractivity contribution in [1.29, 1.82) is 0 Å². The van der Waals surface area contributed by atoms with Crippen LogP contribution in [0.5, 0.6) is 0 Å². The first kappa shape index (κ1) is 16.2. The molecule has 2 aliphatic rings. The van der Waals surface area contributed by atoms with E-state index in [9.17, 15) is 4.79 Å². The van der Waals surface area contributed by atoms with Gasteiger partial charge in [0.1, 0.15) is 11.7 Å². The third-order valence-electron chi connectivity index (χ3n) is 4.86. The molecule has 3 rings (SSSR count). The van der Waals surface area contributed by atoms with Gasteiger partial charge in [-0.05, 0) is 32.6 Å². The normalized spacial score (nSPS) is 21.0. The van der Waals surface area contributed by atoms with Crippen molar-refractivity contribution in [2.75, 3.05) is 20.3 Å². The van der Waals surface area contributed by atoms with Crippen molar-refractivity contribution in [3.63, 3.8) is 0 Å². The van der Waals surface area contributed by atoms with Gasteiger partial charge in [-0.1, -0.05) is 16.9 Å². The monoisotopic (exact) mass is 318 g/mol. The molecule has 0 bridgehead atoms. The summed E-state index contributed by atoms with van der Waals surface area (Å²) >= 11 is 0. The molecule has 0 fully saturated rings. The molecule has 0 spiro atoms. The van der Waals surface area contributed by atoms with E-state index >= 15 is 0 Å². The van der Waals surface area contributed by atoms with Crippen molar-refractivity contribution >= 4 is 5.91 Å². The molecule has 0 saturated carbocycles. The largest absolute Gasteiger partial charge is 0.382 e. The van der Waals surface area contributed by atoms with Crippen LogP contribution in [-0.4, -0.2) is 46.1 Å². The highest BCUT2D eigenvalue weighted by Crippen LogP contribution is 2.30. The minimum absolute atomic E-state index is 0.110. The fourth-order valence-electron chi connectivity index (χ4n) is 3.63. The van der Waals surface area contributed by atoms with Crippen LogP contribution >= 0.6 is 0 Å². The van der Waals surface area contributed by atoms with Gasteiger partial charge in [-0.2, -0.15) is 0 Å². The fourth-order valence-corrected chi connectivity index (χ4v) is 3.63. The number of ether oxygens (including phenoxy) is 1. The Kier molecular flexibility index (Phi) is 5.10. The first-order valence-corrected chi connectivity index (χ1v) is 8.63. The number of aromatic nitrogens is 3. The second-order valence-corrected chi connectivity index (χ2v) is 6.33. The van der Waals surface area contributed by atoms with Crippen molar-refractivity contribution in [2.24, 2.45) is 0 Å². The van der Waals surface area contributed by atoms with Crippen LogP contribution < -0.4 is 0 Å². The van der Waals surface area contributed by atoms with E-state index in [0.717, 1.165) is 43.7 Å². The molecule has 1 aromatic rings. The smallest absolute Gasteiger partial charge is 0.227 e. The van der Waals surface area contributed by atoms with Crippen LogP contribution in [0.15, 0.2) is 11.6 Å². The molecular weight excluding hydrogens is 292 g/mol. The predicted octanol–water partition coefficient (Wildman–Crippen LogP) is 2.26. The number of aryl methyl sites for hydroxylation is 1. The third-order valence-corrected chi connectivity index (χ3v) is 4.86. The molecule has 1 amide bonds. The summed E-state index contributed by atoms with van der Waals surface area (Å²) in [7, 11) is 1.67. The maximum Gasteiger partial charge on any atom is 0.227 e. The van der Waals surface area contributed by atoms with Gasteiger partial charge in [0.05, 0.1) is 12.3 Å². The number of amides is 1. The van der Waals surface area contributed by atoms with Gasteiger partial charge >= 0.3 is 0 Å². The predicted molar refractivity (Wildman–Crippen MR) is 86.9 cm³/mol. The molecule has 0 saturated heterocycles. The van der Waals surface area contributed by atoms with E-state index < -0.39 is 0 Å². The van der Waals surface area contributed by atoms with Crippen molar-refractivity contribution in [2.45, 2.75) is 58.0 Å². The minimum Gasteiger partial charge on any atom is -0.382 e. The van der Waals surface area contributed by atoms with Crippen LogP contribution in [0.4, 0.5) is 0 Å². The highest BCUT2D eigenvalue weighted by atomic mass is 16.5. The SMILES string of the molecule is CCn1nnc2c1CCN(C(=O)CC1=CCCCC1)[C@@H]2COC. The number of nitrogens with zero attached hydrogens (tertiary/aromatic N) is 4. The number of carbonyl (C=O) groups excluding carboxylic acids is 1. The maximum absolute atomic E-state index is 12.8. The van der Waals surface area contributed by atoms with Gasteiger partial charge in [-0.25, -0.2) is 4.68 Å². The lowest BCUT2D eigenvalue weighted by molar-refractivity contribution is -0.134. The molecule has 1 aromatic heterocycles. The molecule has 2 heterocycles. The highest BCUT2D eigenvalue weighted by Gasteiger charge is 2.34.